The van der Waals surface area contributed by atoms with Crippen molar-refractivity contribution in [3.63, 3.8) is 0 Å². The van der Waals surface area contributed by atoms with Crippen LogP contribution < -0.4 is 5.32 Å². The van der Waals surface area contributed by atoms with Crippen LogP contribution >= 0.6 is 0 Å². The fourth-order valence-corrected chi connectivity index (χ4v) is 4.64. The molecule has 4 nitrogen and oxygen atoms in total. The van der Waals surface area contributed by atoms with Crippen LogP contribution in [0.15, 0.2) is 6.07 Å². The van der Waals surface area contributed by atoms with Crippen molar-refractivity contribution in [1.82, 2.24) is 20.4 Å². The maximum Gasteiger partial charge on any atom is 0.435 e. The summed E-state index contributed by atoms with van der Waals surface area (Å²) in [5.41, 5.74) is -0.171. The zero-order valence-electron chi connectivity index (χ0n) is 13.1. The fraction of sp³-hybridized carbons (Fsp3) is 0.812. The number of aromatic nitrogens is 2. The molecular weight excluding hydrogens is 305 g/mol. The van der Waals surface area contributed by atoms with Gasteiger partial charge in [0, 0.05) is 36.8 Å². The summed E-state index contributed by atoms with van der Waals surface area (Å²) in [6.45, 7) is 2.98. The number of piperidine rings is 1. The first-order valence-electron chi connectivity index (χ1n) is 8.60. The van der Waals surface area contributed by atoms with E-state index in [2.05, 4.69) is 20.4 Å². The molecule has 1 aromatic rings. The van der Waals surface area contributed by atoms with Crippen LogP contribution in [0.1, 0.15) is 49.4 Å². The summed E-state index contributed by atoms with van der Waals surface area (Å²) in [5, 5.41) is 9.72. The molecule has 0 amide bonds. The highest BCUT2D eigenvalue weighted by atomic mass is 19.4. The lowest BCUT2D eigenvalue weighted by Gasteiger charge is -2.35. The zero-order chi connectivity index (χ0) is 16.0. The van der Waals surface area contributed by atoms with E-state index in [4.69, 9.17) is 0 Å². The maximum atomic E-state index is 12.7. The number of hydrogen-bond acceptors (Lipinski definition) is 3. The summed E-state index contributed by atoms with van der Waals surface area (Å²) >= 11 is 0. The van der Waals surface area contributed by atoms with E-state index >= 15 is 0 Å². The SMILES string of the molecule is FC(F)(F)c1cc(C2CCCN(CC3CC4CCC3N4)C2)[nH]n1. The Morgan fingerprint density at radius 2 is 2.13 bits per heavy atom. The third-order valence-corrected chi connectivity index (χ3v) is 5.76. The summed E-state index contributed by atoms with van der Waals surface area (Å²) < 4.78 is 38.1. The van der Waals surface area contributed by atoms with Gasteiger partial charge < -0.3 is 10.2 Å². The van der Waals surface area contributed by atoms with Crippen molar-refractivity contribution in [1.29, 1.82) is 0 Å². The van der Waals surface area contributed by atoms with Gasteiger partial charge in [0.05, 0.1) is 0 Å². The molecule has 2 bridgehead atoms. The van der Waals surface area contributed by atoms with Crippen LogP contribution in [0.3, 0.4) is 0 Å². The van der Waals surface area contributed by atoms with Crippen molar-refractivity contribution in [2.24, 2.45) is 5.92 Å². The van der Waals surface area contributed by atoms with Gasteiger partial charge in [0.1, 0.15) is 0 Å². The van der Waals surface area contributed by atoms with Crippen molar-refractivity contribution in [2.45, 2.75) is 56.3 Å². The standard InChI is InChI=1S/C16H23F3N4/c17-16(18,19)15-7-14(21-22-15)10-2-1-5-23(8-10)9-11-6-12-3-4-13(11)20-12/h7,10-13,20H,1-6,8-9H2,(H,21,22). The number of nitrogens with zero attached hydrogens (tertiary/aromatic N) is 2. The molecule has 1 aromatic heterocycles. The number of rotatable bonds is 3. The van der Waals surface area contributed by atoms with Gasteiger partial charge in [0.15, 0.2) is 5.69 Å². The molecule has 2 N–H and O–H groups in total. The lowest BCUT2D eigenvalue weighted by Crippen LogP contribution is -2.40. The summed E-state index contributed by atoms with van der Waals surface area (Å²) in [6, 6.07) is 2.55. The van der Waals surface area contributed by atoms with E-state index in [9.17, 15) is 13.2 Å². The first kappa shape index (κ1) is 15.4. The second kappa shape index (κ2) is 5.77. The van der Waals surface area contributed by atoms with E-state index < -0.39 is 11.9 Å². The number of nitrogens with one attached hydrogen (secondary N) is 2. The highest BCUT2D eigenvalue weighted by Gasteiger charge is 2.40. The second-order valence-corrected chi connectivity index (χ2v) is 7.35. The minimum absolute atomic E-state index is 0.138. The van der Waals surface area contributed by atoms with Gasteiger partial charge in [-0.1, -0.05) is 0 Å². The zero-order valence-corrected chi connectivity index (χ0v) is 13.1. The highest BCUT2D eigenvalue weighted by molar-refractivity contribution is 5.16. The van der Waals surface area contributed by atoms with Crippen LogP contribution in [0.2, 0.25) is 0 Å². The van der Waals surface area contributed by atoms with Gasteiger partial charge in [-0.2, -0.15) is 18.3 Å². The number of H-pyrrole nitrogens is 1. The van der Waals surface area contributed by atoms with E-state index in [0.29, 0.717) is 23.7 Å². The Morgan fingerprint density at radius 3 is 2.78 bits per heavy atom. The molecule has 128 valence electrons. The van der Waals surface area contributed by atoms with E-state index in [1.54, 1.807) is 0 Å². The lowest BCUT2D eigenvalue weighted by atomic mass is 9.87. The third-order valence-electron chi connectivity index (χ3n) is 5.76. The normalized spacial score (nSPS) is 35.1. The molecule has 7 heteroatoms. The Bertz CT molecular complexity index is 556. The minimum Gasteiger partial charge on any atom is -0.311 e. The number of alkyl halides is 3. The maximum absolute atomic E-state index is 12.7. The number of likely N-dealkylation sites (tertiary alicyclic amines) is 1. The summed E-state index contributed by atoms with van der Waals surface area (Å²) in [5.74, 6) is 0.846. The average Bonchev–Trinajstić information content (AvgIpc) is 3.23. The molecule has 3 aliphatic heterocycles. The first-order valence-corrected chi connectivity index (χ1v) is 8.60. The van der Waals surface area contributed by atoms with E-state index in [0.717, 1.165) is 32.5 Å². The molecule has 4 unspecified atom stereocenters. The predicted molar refractivity (Wildman–Crippen MR) is 80.1 cm³/mol. The van der Waals surface area contributed by atoms with Crippen molar-refractivity contribution in [3.8, 4) is 0 Å². The van der Waals surface area contributed by atoms with Gasteiger partial charge in [0.2, 0.25) is 0 Å². The lowest BCUT2D eigenvalue weighted by molar-refractivity contribution is -0.141. The summed E-state index contributed by atoms with van der Waals surface area (Å²) in [4.78, 5) is 2.44. The van der Waals surface area contributed by atoms with Crippen LogP contribution in [0.5, 0.6) is 0 Å². The number of aromatic amines is 1. The topological polar surface area (TPSA) is 44.0 Å². The van der Waals surface area contributed by atoms with Crippen LogP contribution in [0.25, 0.3) is 0 Å². The summed E-state index contributed by atoms with van der Waals surface area (Å²) in [7, 11) is 0. The van der Waals surface area contributed by atoms with Crippen molar-refractivity contribution in [2.75, 3.05) is 19.6 Å². The third kappa shape index (κ3) is 3.13. The van der Waals surface area contributed by atoms with Gasteiger partial charge in [-0.15, -0.1) is 0 Å². The molecule has 3 aliphatic rings. The molecular formula is C16H23F3N4. The number of halogens is 3. The smallest absolute Gasteiger partial charge is 0.311 e. The van der Waals surface area contributed by atoms with Crippen molar-refractivity contribution in [3.05, 3.63) is 17.5 Å². The minimum atomic E-state index is -4.36. The second-order valence-electron chi connectivity index (χ2n) is 7.35. The first-order chi connectivity index (χ1) is 11.0. The Balaban J connectivity index is 1.38. The highest BCUT2D eigenvalue weighted by Crippen LogP contribution is 2.36. The van der Waals surface area contributed by atoms with E-state index in [1.807, 2.05) is 0 Å². The monoisotopic (exact) mass is 328 g/mol. The van der Waals surface area contributed by atoms with Gasteiger partial charge in [-0.3, -0.25) is 5.10 Å². The number of fused-ring (bicyclic) bond motifs is 2. The van der Waals surface area contributed by atoms with E-state index in [1.165, 1.54) is 25.3 Å². The Labute approximate surface area is 133 Å². The fourth-order valence-electron chi connectivity index (χ4n) is 4.64. The van der Waals surface area contributed by atoms with Gasteiger partial charge in [-0.25, -0.2) is 0 Å². The molecule has 0 aliphatic carbocycles. The Morgan fingerprint density at radius 1 is 1.26 bits per heavy atom. The molecule has 4 heterocycles. The van der Waals surface area contributed by atoms with E-state index in [-0.39, 0.29) is 5.92 Å². The van der Waals surface area contributed by atoms with Crippen molar-refractivity contribution >= 4 is 0 Å². The Kier molecular flexibility index (Phi) is 3.88. The molecule has 3 fully saturated rings. The van der Waals surface area contributed by atoms with Gasteiger partial charge in [-0.05, 0) is 50.6 Å². The molecule has 0 spiro atoms. The van der Waals surface area contributed by atoms with Gasteiger partial charge >= 0.3 is 6.18 Å². The predicted octanol–water partition coefficient (Wildman–Crippen LogP) is 2.75. The quantitative estimate of drug-likeness (QED) is 0.897. The largest absolute Gasteiger partial charge is 0.435 e. The molecule has 4 rings (SSSR count). The Hall–Kier alpha value is -1.08. The molecule has 0 saturated carbocycles. The molecule has 0 aromatic carbocycles. The molecule has 23 heavy (non-hydrogen) atoms. The summed E-state index contributed by atoms with van der Waals surface area (Å²) in [6.07, 6.45) is 1.45. The molecule has 0 radical (unpaired) electrons. The van der Waals surface area contributed by atoms with Crippen LogP contribution in [0.4, 0.5) is 13.2 Å². The molecule has 3 saturated heterocycles. The van der Waals surface area contributed by atoms with Crippen LogP contribution in [0, 0.1) is 5.92 Å². The molecule has 4 atom stereocenters. The van der Waals surface area contributed by atoms with Crippen LogP contribution in [-0.4, -0.2) is 46.8 Å². The van der Waals surface area contributed by atoms with Gasteiger partial charge in [0.25, 0.3) is 0 Å². The average molecular weight is 328 g/mol. The van der Waals surface area contributed by atoms with Crippen molar-refractivity contribution < 1.29 is 13.2 Å². The van der Waals surface area contributed by atoms with Crippen LogP contribution in [-0.2, 0) is 6.18 Å². The number of hydrogen-bond donors (Lipinski definition) is 2.